The van der Waals surface area contributed by atoms with Crippen molar-refractivity contribution in [3.8, 4) is 0 Å². The Balaban J connectivity index is 2.54. The highest BCUT2D eigenvalue weighted by Gasteiger charge is 2.11. The number of aryl methyl sites for hydroxylation is 1. The van der Waals surface area contributed by atoms with E-state index in [0.29, 0.717) is 12.3 Å². The Kier molecular flexibility index (Phi) is 3.10. The monoisotopic (exact) mass is 237 g/mol. The number of alkyl halides is 1. The van der Waals surface area contributed by atoms with E-state index in [1.54, 1.807) is 0 Å². The Morgan fingerprint density at radius 1 is 1.44 bits per heavy atom. The molecule has 2 rings (SSSR count). The topological polar surface area (TPSA) is 60.9 Å². The van der Waals surface area contributed by atoms with Crippen molar-refractivity contribution in [1.29, 1.82) is 0 Å². The Bertz CT molecular complexity index is 521. The van der Waals surface area contributed by atoms with E-state index in [2.05, 4.69) is 4.98 Å². The average Bonchev–Trinajstić information content (AvgIpc) is 2.57. The fraction of sp³-hybridized carbons (Fsp3) is 0.273. The molecule has 0 aliphatic carbocycles. The summed E-state index contributed by atoms with van der Waals surface area (Å²) in [5, 5.41) is 0. The molecule has 0 atom stereocenters. The van der Waals surface area contributed by atoms with E-state index >= 15 is 0 Å². The molecule has 0 bridgehead atoms. The molecular formula is C11H12ClN3O. The van der Waals surface area contributed by atoms with Crippen LogP contribution in [0.25, 0.3) is 11.0 Å². The highest BCUT2D eigenvalue weighted by molar-refractivity contribution is 6.17. The van der Waals surface area contributed by atoms with Crippen LogP contribution in [0.3, 0.4) is 0 Å². The second-order valence-electron chi connectivity index (χ2n) is 3.51. The first-order valence-electron chi connectivity index (χ1n) is 5.01. The van der Waals surface area contributed by atoms with Crippen LogP contribution in [0.2, 0.25) is 0 Å². The highest BCUT2D eigenvalue weighted by atomic mass is 35.5. The van der Waals surface area contributed by atoms with Crippen molar-refractivity contribution in [3.63, 3.8) is 0 Å². The number of amides is 1. The van der Waals surface area contributed by atoms with Crippen LogP contribution < -0.4 is 5.73 Å². The molecule has 0 saturated heterocycles. The van der Waals surface area contributed by atoms with Crippen LogP contribution in [0.15, 0.2) is 24.3 Å². The largest absolute Gasteiger partial charge is 0.368 e. The van der Waals surface area contributed by atoms with Crippen LogP contribution in [-0.2, 0) is 17.8 Å². The highest BCUT2D eigenvalue weighted by Crippen LogP contribution is 2.16. The van der Waals surface area contributed by atoms with E-state index in [9.17, 15) is 4.79 Å². The normalized spacial score (nSPS) is 10.8. The Hall–Kier alpha value is -1.55. The van der Waals surface area contributed by atoms with Crippen molar-refractivity contribution in [2.45, 2.75) is 13.0 Å². The van der Waals surface area contributed by atoms with Gasteiger partial charge < -0.3 is 10.3 Å². The third-order valence-electron chi connectivity index (χ3n) is 2.37. The maximum Gasteiger partial charge on any atom is 0.237 e. The number of halogens is 1. The number of carbonyl (C=O) groups excluding carboxylic acids is 1. The van der Waals surface area contributed by atoms with Gasteiger partial charge in [0.15, 0.2) is 0 Å². The Morgan fingerprint density at radius 3 is 2.88 bits per heavy atom. The van der Waals surface area contributed by atoms with Gasteiger partial charge >= 0.3 is 0 Å². The molecule has 0 aliphatic heterocycles. The van der Waals surface area contributed by atoms with Gasteiger partial charge in [-0.25, -0.2) is 4.98 Å². The number of hydrogen-bond acceptors (Lipinski definition) is 2. The van der Waals surface area contributed by atoms with Gasteiger partial charge in [-0.15, -0.1) is 11.6 Å². The third-order valence-corrected chi connectivity index (χ3v) is 2.55. The van der Waals surface area contributed by atoms with Gasteiger partial charge in [0.1, 0.15) is 12.4 Å². The van der Waals surface area contributed by atoms with E-state index < -0.39 is 0 Å². The van der Waals surface area contributed by atoms with Crippen LogP contribution in [0.5, 0.6) is 0 Å². The SMILES string of the molecule is NC(=O)Cn1c(CCCl)nc2ccccc21. The lowest BCUT2D eigenvalue weighted by molar-refractivity contribution is -0.118. The molecule has 1 amide bonds. The zero-order valence-corrected chi connectivity index (χ0v) is 9.44. The van der Waals surface area contributed by atoms with Crippen LogP contribution in [0, 0.1) is 0 Å². The van der Waals surface area contributed by atoms with Gasteiger partial charge in [0.2, 0.25) is 5.91 Å². The Morgan fingerprint density at radius 2 is 2.19 bits per heavy atom. The molecule has 2 N–H and O–H groups in total. The van der Waals surface area contributed by atoms with Crippen LogP contribution in [0.1, 0.15) is 5.82 Å². The summed E-state index contributed by atoms with van der Waals surface area (Å²) in [6, 6.07) is 7.65. The first-order valence-corrected chi connectivity index (χ1v) is 5.54. The summed E-state index contributed by atoms with van der Waals surface area (Å²) in [6.45, 7) is 0.146. The van der Waals surface area contributed by atoms with Gasteiger partial charge in [-0.05, 0) is 12.1 Å². The van der Waals surface area contributed by atoms with E-state index in [0.717, 1.165) is 16.9 Å². The van der Waals surface area contributed by atoms with Crippen LogP contribution >= 0.6 is 11.6 Å². The van der Waals surface area contributed by atoms with Crippen LogP contribution in [-0.4, -0.2) is 21.3 Å². The number of fused-ring (bicyclic) bond motifs is 1. The maximum atomic E-state index is 11.0. The van der Waals surface area contributed by atoms with E-state index in [1.165, 1.54) is 0 Å². The molecule has 4 nitrogen and oxygen atoms in total. The molecule has 1 aromatic heterocycles. The predicted molar refractivity (Wildman–Crippen MR) is 63.4 cm³/mol. The zero-order chi connectivity index (χ0) is 11.5. The van der Waals surface area contributed by atoms with Crippen molar-refractivity contribution in [2.75, 3.05) is 5.88 Å². The fourth-order valence-corrected chi connectivity index (χ4v) is 1.90. The number of hydrogen-bond donors (Lipinski definition) is 1. The molecule has 0 unspecified atom stereocenters. The molecule has 84 valence electrons. The lowest BCUT2D eigenvalue weighted by Gasteiger charge is -2.04. The molecular weight excluding hydrogens is 226 g/mol. The van der Waals surface area contributed by atoms with Crippen molar-refractivity contribution >= 4 is 28.5 Å². The summed E-state index contributed by atoms with van der Waals surface area (Å²) >= 11 is 5.70. The molecule has 16 heavy (non-hydrogen) atoms. The summed E-state index contributed by atoms with van der Waals surface area (Å²) in [4.78, 5) is 15.4. The van der Waals surface area contributed by atoms with Crippen molar-refractivity contribution in [1.82, 2.24) is 9.55 Å². The summed E-state index contributed by atoms with van der Waals surface area (Å²) in [5.74, 6) is 0.899. The Labute approximate surface area is 98.0 Å². The van der Waals surface area contributed by atoms with E-state index in [-0.39, 0.29) is 12.5 Å². The minimum atomic E-state index is -0.376. The van der Waals surface area contributed by atoms with Crippen molar-refractivity contribution in [2.24, 2.45) is 5.73 Å². The number of carbonyl (C=O) groups is 1. The zero-order valence-electron chi connectivity index (χ0n) is 8.69. The summed E-state index contributed by atoms with van der Waals surface area (Å²) in [7, 11) is 0. The predicted octanol–water partition coefficient (Wildman–Crippen LogP) is 1.30. The molecule has 0 spiro atoms. The molecule has 0 saturated carbocycles. The number of benzene rings is 1. The van der Waals surface area contributed by atoms with Gasteiger partial charge in [0, 0.05) is 12.3 Å². The van der Waals surface area contributed by atoms with Crippen molar-refractivity contribution < 1.29 is 4.79 Å². The number of nitrogens with zero attached hydrogens (tertiary/aromatic N) is 2. The van der Waals surface area contributed by atoms with Gasteiger partial charge in [-0.3, -0.25) is 4.79 Å². The standard InChI is InChI=1S/C11H12ClN3O/c12-6-5-11-14-8-3-1-2-4-9(8)15(11)7-10(13)16/h1-4H,5-7H2,(H2,13,16). The van der Waals surface area contributed by atoms with Gasteiger partial charge in [0.05, 0.1) is 11.0 Å². The average molecular weight is 238 g/mol. The molecule has 2 aromatic rings. The molecule has 5 heteroatoms. The van der Waals surface area contributed by atoms with Crippen molar-refractivity contribution in [3.05, 3.63) is 30.1 Å². The number of para-hydroxylation sites is 2. The van der Waals surface area contributed by atoms with Gasteiger partial charge in [-0.2, -0.15) is 0 Å². The summed E-state index contributed by atoms with van der Waals surface area (Å²) in [5.41, 5.74) is 7.00. The smallest absolute Gasteiger partial charge is 0.237 e. The molecule has 0 radical (unpaired) electrons. The second-order valence-corrected chi connectivity index (χ2v) is 3.89. The minimum absolute atomic E-state index is 0.146. The molecule has 0 aliphatic rings. The van der Waals surface area contributed by atoms with Gasteiger partial charge in [0.25, 0.3) is 0 Å². The summed E-state index contributed by atoms with van der Waals surface area (Å²) in [6.07, 6.45) is 0.628. The quantitative estimate of drug-likeness (QED) is 0.815. The lowest BCUT2D eigenvalue weighted by atomic mass is 10.3. The van der Waals surface area contributed by atoms with Crippen LogP contribution in [0.4, 0.5) is 0 Å². The molecule has 0 fully saturated rings. The number of primary amides is 1. The van der Waals surface area contributed by atoms with Gasteiger partial charge in [-0.1, -0.05) is 12.1 Å². The molecule has 1 heterocycles. The number of aromatic nitrogens is 2. The number of imidazole rings is 1. The number of nitrogens with two attached hydrogens (primary N) is 1. The number of rotatable bonds is 4. The lowest BCUT2D eigenvalue weighted by Crippen LogP contribution is -2.20. The minimum Gasteiger partial charge on any atom is -0.368 e. The second kappa shape index (κ2) is 4.53. The first-order chi connectivity index (χ1) is 7.72. The fourth-order valence-electron chi connectivity index (χ4n) is 1.73. The maximum absolute atomic E-state index is 11.0. The van der Waals surface area contributed by atoms with E-state index in [4.69, 9.17) is 17.3 Å². The molecule has 1 aromatic carbocycles. The first kappa shape index (κ1) is 11.0. The summed E-state index contributed by atoms with van der Waals surface area (Å²) < 4.78 is 1.82. The van der Waals surface area contributed by atoms with E-state index in [1.807, 2.05) is 28.8 Å². The third kappa shape index (κ3) is 2.02.